The number of carbonyl (C=O) groups excluding carboxylic acids is 1. The maximum atomic E-state index is 11.9. The number of rotatable bonds is 3. The number of hydrogen-bond acceptors (Lipinski definition) is 4. The van der Waals surface area contributed by atoms with Crippen molar-refractivity contribution in [3.05, 3.63) is 0 Å². The number of nitrogens with zero attached hydrogens (tertiary/aromatic N) is 1. The molecule has 3 atom stereocenters. The molecule has 3 unspecified atom stereocenters. The second-order valence-electron chi connectivity index (χ2n) is 6.19. The van der Waals surface area contributed by atoms with E-state index in [0.717, 1.165) is 19.3 Å². The predicted octanol–water partition coefficient (Wildman–Crippen LogP) is 2.06. The Kier molecular flexibility index (Phi) is 4.85. The molecule has 2 N–H and O–H groups in total. The van der Waals surface area contributed by atoms with Crippen LogP contribution in [0.25, 0.3) is 0 Å². The minimum Gasteiger partial charge on any atom is -0.468 e. The molecule has 1 heterocycles. The molecule has 1 saturated carbocycles. The molecule has 0 aromatic rings. The number of methoxy groups -OCH3 is 1. The molecule has 2 aliphatic rings. The molecule has 1 aliphatic carbocycles. The fourth-order valence-electron chi connectivity index (χ4n) is 3.89. The number of ether oxygens (including phenoxy) is 1. The number of piperidine rings is 1. The van der Waals surface area contributed by atoms with Crippen LogP contribution in [0.4, 0.5) is 0 Å². The zero-order valence-electron chi connectivity index (χ0n) is 12.4. The van der Waals surface area contributed by atoms with Gasteiger partial charge < -0.3 is 10.5 Å². The molecule has 4 heteroatoms. The average Bonchev–Trinajstić information content (AvgIpc) is 2.46. The van der Waals surface area contributed by atoms with Crippen molar-refractivity contribution >= 4 is 5.97 Å². The van der Waals surface area contributed by atoms with Crippen LogP contribution in [0.15, 0.2) is 0 Å². The standard InChI is InChI=1S/C15H28N2O2/c1-3-12-7-4-5-10-17(12)13-8-6-9-15(16,11-13)14(18)19-2/h12-13H,3-11,16H2,1-2H3. The second kappa shape index (κ2) is 6.23. The van der Waals surface area contributed by atoms with Gasteiger partial charge in [-0.05, 0) is 51.5 Å². The molecule has 0 aromatic carbocycles. The first-order chi connectivity index (χ1) is 9.10. The molecule has 110 valence electrons. The van der Waals surface area contributed by atoms with Crippen LogP contribution in [0, 0.1) is 0 Å². The third kappa shape index (κ3) is 3.11. The van der Waals surface area contributed by atoms with Gasteiger partial charge in [0.2, 0.25) is 0 Å². The average molecular weight is 268 g/mol. The Balaban J connectivity index is 2.05. The number of carbonyl (C=O) groups is 1. The van der Waals surface area contributed by atoms with Gasteiger partial charge in [0.15, 0.2) is 0 Å². The summed E-state index contributed by atoms with van der Waals surface area (Å²) in [5.74, 6) is -0.234. The highest BCUT2D eigenvalue weighted by molar-refractivity contribution is 5.80. The van der Waals surface area contributed by atoms with Gasteiger partial charge in [-0.2, -0.15) is 0 Å². The van der Waals surface area contributed by atoms with Gasteiger partial charge in [0.05, 0.1) is 7.11 Å². The lowest BCUT2D eigenvalue weighted by molar-refractivity contribution is -0.149. The molecule has 4 nitrogen and oxygen atoms in total. The summed E-state index contributed by atoms with van der Waals surface area (Å²) in [6.07, 6.45) is 8.84. The van der Waals surface area contributed by atoms with Crippen molar-refractivity contribution in [1.82, 2.24) is 4.90 Å². The Labute approximate surface area is 116 Å². The Morgan fingerprint density at radius 3 is 2.84 bits per heavy atom. The highest BCUT2D eigenvalue weighted by Crippen LogP contribution is 2.34. The van der Waals surface area contributed by atoms with E-state index in [2.05, 4.69) is 11.8 Å². The van der Waals surface area contributed by atoms with Crippen LogP contribution in [-0.2, 0) is 9.53 Å². The summed E-state index contributed by atoms with van der Waals surface area (Å²) in [7, 11) is 1.44. The Morgan fingerprint density at radius 1 is 1.37 bits per heavy atom. The van der Waals surface area contributed by atoms with Crippen molar-refractivity contribution in [3.63, 3.8) is 0 Å². The smallest absolute Gasteiger partial charge is 0.325 e. The number of esters is 1. The first-order valence-corrected chi connectivity index (χ1v) is 7.74. The van der Waals surface area contributed by atoms with Crippen LogP contribution >= 0.6 is 0 Å². The van der Waals surface area contributed by atoms with Gasteiger partial charge in [-0.15, -0.1) is 0 Å². The van der Waals surface area contributed by atoms with Gasteiger partial charge in [0, 0.05) is 12.1 Å². The first kappa shape index (κ1) is 14.8. The molecule has 2 rings (SSSR count). The lowest BCUT2D eigenvalue weighted by Gasteiger charge is -2.46. The van der Waals surface area contributed by atoms with Gasteiger partial charge in [-0.25, -0.2) is 0 Å². The largest absolute Gasteiger partial charge is 0.468 e. The van der Waals surface area contributed by atoms with Crippen LogP contribution in [0.2, 0.25) is 0 Å². The van der Waals surface area contributed by atoms with Crippen LogP contribution in [-0.4, -0.2) is 42.1 Å². The number of hydrogen-bond donors (Lipinski definition) is 1. The van der Waals surface area contributed by atoms with Gasteiger partial charge in [-0.1, -0.05) is 13.3 Å². The molecule has 0 bridgehead atoms. The molecule has 0 spiro atoms. The molecular weight excluding hydrogens is 240 g/mol. The van der Waals surface area contributed by atoms with E-state index >= 15 is 0 Å². The Morgan fingerprint density at radius 2 is 2.16 bits per heavy atom. The van der Waals surface area contributed by atoms with Gasteiger partial charge in [0.25, 0.3) is 0 Å². The van der Waals surface area contributed by atoms with Crippen LogP contribution in [0.1, 0.15) is 58.3 Å². The first-order valence-electron chi connectivity index (χ1n) is 7.74. The molecule has 0 aromatic heterocycles. The summed E-state index contributed by atoms with van der Waals surface area (Å²) < 4.78 is 4.90. The maximum absolute atomic E-state index is 11.9. The van der Waals surface area contributed by atoms with Crippen LogP contribution in [0.5, 0.6) is 0 Å². The van der Waals surface area contributed by atoms with Crippen molar-refractivity contribution < 1.29 is 9.53 Å². The number of likely N-dealkylation sites (tertiary alicyclic amines) is 1. The Bertz CT molecular complexity index is 321. The highest BCUT2D eigenvalue weighted by Gasteiger charge is 2.43. The monoisotopic (exact) mass is 268 g/mol. The highest BCUT2D eigenvalue weighted by atomic mass is 16.5. The maximum Gasteiger partial charge on any atom is 0.325 e. The summed E-state index contributed by atoms with van der Waals surface area (Å²) in [4.78, 5) is 14.5. The van der Waals surface area contributed by atoms with E-state index in [1.165, 1.54) is 45.8 Å². The van der Waals surface area contributed by atoms with Crippen molar-refractivity contribution in [2.75, 3.05) is 13.7 Å². The third-order valence-corrected chi connectivity index (χ3v) is 4.96. The van der Waals surface area contributed by atoms with E-state index in [4.69, 9.17) is 10.5 Å². The minimum atomic E-state index is -0.757. The predicted molar refractivity (Wildman–Crippen MR) is 75.8 cm³/mol. The zero-order chi connectivity index (χ0) is 13.9. The van der Waals surface area contributed by atoms with E-state index in [-0.39, 0.29) is 5.97 Å². The molecule has 2 fully saturated rings. The van der Waals surface area contributed by atoms with E-state index in [9.17, 15) is 4.79 Å². The van der Waals surface area contributed by atoms with E-state index < -0.39 is 5.54 Å². The molecule has 0 radical (unpaired) electrons. The van der Waals surface area contributed by atoms with Crippen LogP contribution < -0.4 is 5.73 Å². The topological polar surface area (TPSA) is 55.6 Å². The second-order valence-corrected chi connectivity index (χ2v) is 6.19. The lowest BCUT2D eigenvalue weighted by atomic mass is 9.78. The van der Waals surface area contributed by atoms with Crippen LogP contribution in [0.3, 0.4) is 0 Å². The molecule has 19 heavy (non-hydrogen) atoms. The van der Waals surface area contributed by atoms with Crippen molar-refractivity contribution in [2.45, 2.75) is 75.9 Å². The SMILES string of the molecule is CCC1CCCCN1C1CCCC(N)(C(=O)OC)C1. The van der Waals surface area contributed by atoms with Crippen molar-refractivity contribution in [1.29, 1.82) is 0 Å². The minimum absolute atomic E-state index is 0.234. The van der Waals surface area contributed by atoms with Crippen molar-refractivity contribution in [3.8, 4) is 0 Å². The quantitative estimate of drug-likeness (QED) is 0.796. The molecule has 0 amide bonds. The van der Waals surface area contributed by atoms with Gasteiger partial charge in [-0.3, -0.25) is 9.69 Å². The summed E-state index contributed by atoms with van der Waals surface area (Å²) in [5.41, 5.74) is 5.54. The fourth-order valence-corrected chi connectivity index (χ4v) is 3.89. The molecular formula is C15H28N2O2. The van der Waals surface area contributed by atoms with Gasteiger partial charge in [0.1, 0.15) is 5.54 Å². The van der Waals surface area contributed by atoms with Crippen molar-refractivity contribution in [2.24, 2.45) is 5.73 Å². The Hall–Kier alpha value is -0.610. The van der Waals surface area contributed by atoms with E-state index in [0.29, 0.717) is 12.1 Å². The normalized spacial score (nSPS) is 37.0. The van der Waals surface area contributed by atoms with E-state index in [1.807, 2.05) is 0 Å². The summed E-state index contributed by atoms with van der Waals surface area (Å²) in [5, 5.41) is 0. The summed E-state index contributed by atoms with van der Waals surface area (Å²) in [6, 6.07) is 1.14. The molecule has 1 aliphatic heterocycles. The molecule has 1 saturated heterocycles. The van der Waals surface area contributed by atoms with E-state index in [1.54, 1.807) is 0 Å². The lowest BCUT2D eigenvalue weighted by Crippen LogP contribution is -2.58. The fraction of sp³-hybridized carbons (Fsp3) is 0.933. The summed E-state index contributed by atoms with van der Waals surface area (Å²) >= 11 is 0. The zero-order valence-corrected chi connectivity index (χ0v) is 12.4. The summed E-state index contributed by atoms with van der Waals surface area (Å²) in [6.45, 7) is 3.43. The van der Waals surface area contributed by atoms with Gasteiger partial charge >= 0.3 is 5.97 Å². The number of nitrogens with two attached hydrogens (primary N) is 1. The third-order valence-electron chi connectivity index (χ3n) is 4.96.